The predicted molar refractivity (Wildman–Crippen MR) is 127 cm³/mol. The summed E-state index contributed by atoms with van der Waals surface area (Å²) in [7, 11) is 1.40. The third-order valence-electron chi connectivity index (χ3n) is 5.78. The number of amides is 2. The molecule has 2 aromatic rings. The summed E-state index contributed by atoms with van der Waals surface area (Å²) in [5.74, 6) is -3.90. The zero-order valence-corrected chi connectivity index (χ0v) is 19.3. The Kier molecular flexibility index (Phi) is 7.05. The quantitative estimate of drug-likeness (QED) is 0.445. The molecule has 0 fully saturated rings. The van der Waals surface area contributed by atoms with Crippen molar-refractivity contribution in [3.63, 3.8) is 0 Å². The maximum Gasteiger partial charge on any atom is 0.305 e. The molecule has 2 amide bonds. The van der Waals surface area contributed by atoms with Gasteiger partial charge in [-0.2, -0.15) is 0 Å². The van der Waals surface area contributed by atoms with Crippen molar-refractivity contribution in [2.75, 3.05) is 13.7 Å². The standard InChI is InChI=1S/C26H24FN3O6/c1-36-21-8-7-16(27)11-17(21)18-12-19-20(29-25(18)34)14-30(13-15-5-3-2-4-6-15)23(24(19)33)26(35)28-10-9-22(31)32/h2-8,11-12,14,18,33H,9-10,13H2,1H3,(H,28,35)(H,29,34)(H,31,32). The number of halogens is 1. The highest BCUT2D eigenvalue weighted by Crippen LogP contribution is 2.38. The molecule has 9 nitrogen and oxygen atoms in total. The number of aliphatic hydroxyl groups is 1. The number of fused-ring (bicyclic) bond motifs is 1. The lowest BCUT2D eigenvalue weighted by atomic mass is 9.88. The van der Waals surface area contributed by atoms with Crippen molar-refractivity contribution in [2.45, 2.75) is 18.9 Å². The van der Waals surface area contributed by atoms with Gasteiger partial charge in [0, 0.05) is 30.4 Å². The largest absolute Gasteiger partial charge is 0.505 e. The fourth-order valence-electron chi connectivity index (χ4n) is 4.09. The van der Waals surface area contributed by atoms with E-state index in [2.05, 4.69) is 10.6 Å². The van der Waals surface area contributed by atoms with Crippen LogP contribution in [0.3, 0.4) is 0 Å². The summed E-state index contributed by atoms with van der Waals surface area (Å²) in [4.78, 5) is 38.4. The molecule has 0 aliphatic carbocycles. The molecule has 1 atom stereocenters. The first-order chi connectivity index (χ1) is 17.3. The molecule has 1 unspecified atom stereocenters. The molecule has 2 aromatic carbocycles. The number of carbonyl (C=O) groups is 3. The van der Waals surface area contributed by atoms with Crippen LogP contribution < -0.4 is 15.4 Å². The fraction of sp³-hybridized carbons (Fsp3) is 0.192. The zero-order chi connectivity index (χ0) is 25.8. The molecule has 10 heteroatoms. The Balaban J connectivity index is 1.76. The highest BCUT2D eigenvalue weighted by molar-refractivity contribution is 5.97. The topological polar surface area (TPSA) is 128 Å². The van der Waals surface area contributed by atoms with Crippen molar-refractivity contribution in [2.24, 2.45) is 0 Å². The SMILES string of the molecule is COc1ccc(F)cc1C1C=C2C(=CN(Cc3ccccc3)C(C(=O)NCCC(=O)O)=C2O)NC1=O. The van der Waals surface area contributed by atoms with Crippen LogP contribution in [0.5, 0.6) is 5.75 Å². The minimum Gasteiger partial charge on any atom is -0.505 e. The normalized spacial score (nSPS) is 17.0. The van der Waals surface area contributed by atoms with Crippen LogP contribution in [0.4, 0.5) is 4.39 Å². The molecule has 0 bridgehead atoms. The number of hydrogen-bond donors (Lipinski definition) is 4. The molecule has 4 N–H and O–H groups in total. The second-order valence-electron chi connectivity index (χ2n) is 8.19. The number of aliphatic carboxylic acids is 1. The Morgan fingerprint density at radius 1 is 1.19 bits per heavy atom. The lowest BCUT2D eigenvalue weighted by Gasteiger charge is -2.33. The Morgan fingerprint density at radius 2 is 1.94 bits per heavy atom. The van der Waals surface area contributed by atoms with E-state index < -0.39 is 35.3 Å². The number of carboxylic acid groups (broad SMARTS) is 1. The molecule has 2 heterocycles. The number of carboxylic acids is 1. The van der Waals surface area contributed by atoms with Crippen molar-refractivity contribution >= 4 is 17.8 Å². The molecule has 0 saturated heterocycles. The maximum atomic E-state index is 14.0. The number of rotatable bonds is 8. The molecule has 4 rings (SSSR count). The lowest BCUT2D eigenvalue weighted by molar-refractivity contribution is -0.137. The average molecular weight is 493 g/mol. The molecular formula is C26H24FN3O6. The second kappa shape index (κ2) is 10.3. The molecule has 0 radical (unpaired) electrons. The van der Waals surface area contributed by atoms with Gasteiger partial charge in [0.05, 0.1) is 25.1 Å². The van der Waals surface area contributed by atoms with Gasteiger partial charge in [0.25, 0.3) is 5.91 Å². The molecule has 0 aromatic heterocycles. The van der Waals surface area contributed by atoms with Crippen molar-refractivity contribution in [1.82, 2.24) is 15.5 Å². The Labute approximate surface area is 206 Å². The predicted octanol–water partition coefficient (Wildman–Crippen LogP) is 2.69. The minimum atomic E-state index is -1.08. The number of hydrogen-bond acceptors (Lipinski definition) is 6. The Morgan fingerprint density at radius 3 is 2.64 bits per heavy atom. The van der Waals surface area contributed by atoms with Gasteiger partial charge in [-0.3, -0.25) is 14.4 Å². The summed E-state index contributed by atoms with van der Waals surface area (Å²) >= 11 is 0. The van der Waals surface area contributed by atoms with Gasteiger partial charge in [0.1, 0.15) is 17.3 Å². The first-order valence-corrected chi connectivity index (χ1v) is 11.1. The van der Waals surface area contributed by atoms with Gasteiger partial charge in [-0.25, -0.2) is 4.39 Å². The minimum absolute atomic E-state index is 0.111. The van der Waals surface area contributed by atoms with Gasteiger partial charge in [0.15, 0.2) is 5.76 Å². The van der Waals surface area contributed by atoms with Crippen LogP contribution >= 0.6 is 0 Å². The van der Waals surface area contributed by atoms with E-state index in [0.717, 1.165) is 5.56 Å². The molecule has 0 spiro atoms. The van der Waals surface area contributed by atoms with Crippen LogP contribution in [0.1, 0.15) is 23.5 Å². The highest BCUT2D eigenvalue weighted by atomic mass is 19.1. The van der Waals surface area contributed by atoms with Crippen LogP contribution in [0, 0.1) is 5.82 Å². The third-order valence-corrected chi connectivity index (χ3v) is 5.78. The number of benzene rings is 2. The molecule has 186 valence electrons. The van der Waals surface area contributed by atoms with E-state index in [9.17, 15) is 23.9 Å². The van der Waals surface area contributed by atoms with Crippen LogP contribution in [0.2, 0.25) is 0 Å². The molecular weight excluding hydrogens is 469 g/mol. The number of carbonyl (C=O) groups excluding carboxylic acids is 2. The molecule has 0 saturated carbocycles. The van der Waals surface area contributed by atoms with Crippen molar-refractivity contribution in [1.29, 1.82) is 0 Å². The number of aliphatic hydroxyl groups excluding tert-OH is 1. The van der Waals surface area contributed by atoms with Gasteiger partial charge < -0.3 is 30.5 Å². The number of nitrogens with zero attached hydrogens (tertiary/aromatic N) is 1. The van der Waals surface area contributed by atoms with Crippen LogP contribution in [0.25, 0.3) is 0 Å². The third kappa shape index (κ3) is 5.07. The van der Waals surface area contributed by atoms with E-state index >= 15 is 0 Å². The van der Waals surface area contributed by atoms with E-state index in [0.29, 0.717) is 0 Å². The van der Waals surface area contributed by atoms with Crippen LogP contribution in [-0.2, 0) is 20.9 Å². The first kappa shape index (κ1) is 24.5. The maximum absolute atomic E-state index is 14.0. The smallest absolute Gasteiger partial charge is 0.305 e. The zero-order valence-electron chi connectivity index (χ0n) is 19.3. The Hall–Kier alpha value is -4.60. The van der Waals surface area contributed by atoms with E-state index in [1.54, 1.807) is 0 Å². The van der Waals surface area contributed by atoms with Gasteiger partial charge in [-0.05, 0) is 23.8 Å². The van der Waals surface area contributed by atoms with Crippen molar-refractivity contribution < 1.29 is 33.7 Å². The summed E-state index contributed by atoms with van der Waals surface area (Å²) in [6.45, 7) is 0.0555. The number of nitrogens with one attached hydrogen (secondary N) is 2. The highest BCUT2D eigenvalue weighted by Gasteiger charge is 2.36. The second-order valence-corrected chi connectivity index (χ2v) is 8.19. The molecule has 2 aliphatic heterocycles. The lowest BCUT2D eigenvalue weighted by Crippen LogP contribution is -2.41. The van der Waals surface area contributed by atoms with E-state index in [1.807, 2.05) is 30.3 Å². The summed E-state index contributed by atoms with van der Waals surface area (Å²) in [6, 6.07) is 13.0. The van der Waals surface area contributed by atoms with Gasteiger partial charge >= 0.3 is 5.97 Å². The van der Waals surface area contributed by atoms with Crippen LogP contribution in [-0.4, -0.2) is 46.6 Å². The number of methoxy groups -OCH3 is 1. The van der Waals surface area contributed by atoms with Crippen molar-refractivity contribution in [3.05, 3.63) is 100 Å². The van der Waals surface area contributed by atoms with Crippen molar-refractivity contribution in [3.8, 4) is 5.75 Å². The van der Waals surface area contributed by atoms with Gasteiger partial charge in [-0.1, -0.05) is 36.4 Å². The fourth-order valence-corrected chi connectivity index (χ4v) is 4.09. The van der Waals surface area contributed by atoms with E-state index in [1.165, 1.54) is 42.5 Å². The summed E-state index contributed by atoms with van der Waals surface area (Å²) < 4.78 is 19.3. The van der Waals surface area contributed by atoms with Gasteiger partial charge in [-0.15, -0.1) is 0 Å². The summed E-state index contributed by atoms with van der Waals surface area (Å²) in [6.07, 6.45) is 2.68. The van der Waals surface area contributed by atoms with Crippen LogP contribution in [0.15, 0.2) is 83.5 Å². The average Bonchev–Trinajstić information content (AvgIpc) is 2.84. The summed E-state index contributed by atoms with van der Waals surface area (Å²) in [5, 5.41) is 25.4. The molecule has 36 heavy (non-hydrogen) atoms. The Bertz CT molecular complexity index is 1300. The van der Waals surface area contributed by atoms with E-state index in [4.69, 9.17) is 9.84 Å². The molecule has 2 aliphatic rings. The van der Waals surface area contributed by atoms with Gasteiger partial charge in [0.2, 0.25) is 5.91 Å². The monoisotopic (exact) mass is 493 g/mol. The summed E-state index contributed by atoms with van der Waals surface area (Å²) in [5.41, 5.74) is 1.42. The van der Waals surface area contributed by atoms with E-state index in [-0.39, 0.29) is 47.8 Å². The first-order valence-electron chi connectivity index (χ1n) is 11.1. The number of ether oxygens (including phenoxy) is 1.